The van der Waals surface area contributed by atoms with Crippen molar-refractivity contribution >= 4 is 33.8 Å². The fourth-order valence-electron chi connectivity index (χ4n) is 0.427. The summed E-state index contributed by atoms with van der Waals surface area (Å²) in [5, 5.41) is 0. The van der Waals surface area contributed by atoms with Crippen molar-refractivity contribution in [1.82, 2.24) is 15.0 Å². The molecule has 11 heteroatoms. The summed E-state index contributed by atoms with van der Waals surface area (Å²) in [6.45, 7) is 2.00. The van der Waals surface area contributed by atoms with E-state index >= 15 is 0 Å². The third-order valence-electron chi connectivity index (χ3n) is 0.687. The summed E-state index contributed by atoms with van der Waals surface area (Å²) < 4.78 is 8.74. The fraction of sp³-hybridized carbons (Fsp3) is 0. The van der Waals surface area contributed by atoms with E-state index in [0.29, 0.717) is 0 Å². The van der Waals surface area contributed by atoms with Crippen LogP contribution in [0.5, 0.6) is 0 Å². The molecule has 10 nitrogen and oxygen atoms in total. The smallest absolute Gasteiger partial charge is 0.511 e. The van der Waals surface area contributed by atoms with Crippen LogP contribution in [0.4, 0.5) is 17.8 Å². The average molecular weight is 234 g/mol. The van der Waals surface area contributed by atoms with Crippen molar-refractivity contribution in [3.63, 3.8) is 0 Å². The molecule has 0 saturated carbocycles. The Kier molecular flexibility index (Phi) is 8.40. The molecule has 0 fully saturated rings. The van der Waals surface area contributed by atoms with E-state index in [1.165, 1.54) is 0 Å². The van der Waals surface area contributed by atoms with Crippen LogP contribution in [0, 0.1) is 0 Å². The van der Waals surface area contributed by atoms with Crippen molar-refractivity contribution in [3.05, 3.63) is 0 Å². The van der Waals surface area contributed by atoms with Crippen molar-refractivity contribution in [2.75, 3.05) is 17.2 Å². The van der Waals surface area contributed by atoms with Crippen LogP contribution in [0.25, 0.3) is 0 Å². The van der Waals surface area contributed by atoms with Crippen molar-refractivity contribution in [2.45, 2.75) is 0 Å². The van der Waals surface area contributed by atoms with Gasteiger partial charge in [0.15, 0.2) is 0 Å². The van der Waals surface area contributed by atoms with E-state index in [1.807, 2.05) is 6.79 Å². The lowest BCUT2D eigenvalue weighted by Gasteiger charge is -1.93. The Bertz CT molecular complexity index is 268. The second-order valence-corrected chi connectivity index (χ2v) is 2.26. The average Bonchev–Trinajstić information content (AvgIpc) is 2.03. The van der Waals surface area contributed by atoms with Crippen molar-refractivity contribution < 1.29 is 18.8 Å². The number of nitrogens with zero attached hydrogens (tertiary/aromatic N) is 3. The summed E-state index contributed by atoms with van der Waals surface area (Å²) in [5.41, 5.74) is 15.4. The summed E-state index contributed by atoms with van der Waals surface area (Å²) in [7, 11) is -3.13. The molecule has 0 aliphatic heterocycles. The van der Waals surface area contributed by atoms with Gasteiger partial charge < -0.3 is 31.6 Å². The van der Waals surface area contributed by atoms with Crippen molar-refractivity contribution in [3.8, 4) is 0 Å². The van der Waals surface area contributed by atoms with Crippen LogP contribution in [-0.2, 0) is 9.26 Å². The Morgan fingerprint density at radius 1 is 0.933 bits per heavy atom. The number of aromatic nitrogens is 3. The number of hydrogen-bond donors (Lipinski definition) is 5. The lowest BCUT2D eigenvalue weighted by atomic mass is 10.9. The second-order valence-electron chi connectivity index (χ2n) is 1.69. The first kappa shape index (κ1) is 15.2. The second kappa shape index (κ2) is 8.30. The van der Waals surface area contributed by atoms with Gasteiger partial charge in [-0.1, -0.05) is 0 Å². The minimum absolute atomic E-state index is 0.0417. The van der Waals surface area contributed by atoms with Crippen molar-refractivity contribution in [2.24, 2.45) is 0 Å². The number of carbonyl (C=O) groups excluding carboxylic acids is 1. The molecule has 1 aromatic heterocycles. The van der Waals surface area contributed by atoms with E-state index in [9.17, 15) is 0 Å². The minimum atomic E-state index is -3.13. The molecule has 0 amide bonds. The monoisotopic (exact) mass is 234 g/mol. The van der Waals surface area contributed by atoms with E-state index in [0.717, 1.165) is 0 Å². The number of rotatable bonds is 0. The van der Waals surface area contributed by atoms with E-state index in [1.54, 1.807) is 0 Å². The van der Waals surface area contributed by atoms with Gasteiger partial charge in [0.2, 0.25) is 17.8 Å². The summed E-state index contributed by atoms with van der Waals surface area (Å²) in [5.74, 6) is 0.125. The molecule has 0 bridgehead atoms. The summed E-state index contributed by atoms with van der Waals surface area (Å²) in [6, 6.07) is 0. The zero-order chi connectivity index (χ0) is 12.4. The van der Waals surface area contributed by atoms with Gasteiger partial charge >= 0.3 is 9.17 Å². The van der Waals surface area contributed by atoms with Crippen LogP contribution in [0.15, 0.2) is 0 Å². The molecule has 0 radical (unpaired) electrons. The van der Waals surface area contributed by atoms with Crippen molar-refractivity contribution in [1.29, 1.82) is 0 Å². The highest BCUT2D eigenvalue weighted by Gasteiger charge is 1.93. The molecule has 8 N–H and O–H groups in total. The number of carbonyl (C=O) groups is 1. The largest absolute Gasteiger partial charge is 0.761 e. The van der Waals surface area contributed by atoms with Gasteiger partial charge in [-0.05, 0) is 0 Å². The molecule has 0 aliphatic rings. The van der Waals surface area contributed by atoms with Crippen LogP contribution >= 0.6 is 0 Å². The number of nitrogen functional groups attached to an aromatic ring is 3. The Hall–Kier alpha value is -2.30. The Labute approximate surface area is 85.7 Å². The predicted molar refractivity (Wildman–Crippen MR) is 51.1 cm³/mol. The molecule has 0 atom stereocenters. The van der Waals surface area contributed by atoms with E-state index < -0.39 is 9.17 Å². The number of hydrogen-bond acceptors (Lipinski definition) is 8. The third kappa shape index (κ3) is 11.7. The molecular weight excluding hydrogens is 224 g/mol. The topological polar surface area (TPSA) is 191 Å². The zero-order valence-corrected chi connectivity index (χ0v) is 8.49. The first-order valence-corrected chi connectivity index (χ1v) is 4.45. The quantitative estimate of drug-likeness (QED) is 0.286. The molecule has 0 spiro atoms. The Balaban J connectivity index is 0. The molecule has 0 aromatic carbocycles. The predicted octanol–water partition coefficient (Wildman–Crippen LogP) is -3.18. The van der Waals surface area contributed by atoms with Crippen LogP contribution in [0.1, 0.15) is 0 Å². The Morgan fingerprint density at radius 2 is 1.07 bits per heavy atom. The van der Waals surface area contributed by atoms with Gasteiger partial charge in [0.05, 0.1) is 0 Å². The van der Waals surface area contributed by atoms with Crippen LogP contribution in [-0.4, -0.2) is 40.5 Å². The molecule has 1 heterocycles. The molecule has 0 aliphatic carbocycles. The van der Waals surface area contributed by atoms with E-state index in [2.05, 4.69) is 15.0 Å². The zero-order valence-electron chi connectivity index (χ0n) is 7.49. The normalized spacial score (nSPS) is 7.47. The maximum atomic E-state index is 8.74. The molecule has 0 saturated heterocycles. The highest BCUT2D eigenvalue weighted by atomic mass is 28.3. The fourth-order valence-corrected chi connectivity index (χ4v) is 0.427. The number of anilines is 3. The minimum Gasteiger partial charge on any atom is -0.511 e. The molecule has 15 heavy (non-hydrogen) atoms. The van der Waals surface area contributed by atoms with Gasteiger partial charge in [0.1, 0.15) is 6.79 Å². The van der Waals surface area contributed by atoms with Gasteiger partial charge in [0.25, 0.3) is 0 Å². The molecular formula is C4H10N6O4Si. The van der Waals surface area contributed by atoms with E-state index in [4.69, 9.17) is 36.0 Å². The first-order chi connectivity index (χ1) is 6.91. The lowest BCUT2D eigenvalue weighted by Crippen LogP contribution is -2.05. The van der Waals surface area contributed by atoms with Crippen LogP contribution in [0.2, 0.25) is 0 Å². The van der Waals surface area contributed by atoms with Gasteiger partial charge in [-0.15, -0.1) is 0 Å². The SMILES string of the molecule is C=O.Nc1nc(N)nc(N)n1.O=[Si](O)O. The maximum absolute atomic E-state index is 8.74. The van der Waals surface area contributed by atoms with Gasteiger partial charge in [-0.3, -0.25) is 4.46 Å². The van der Waals surface area contributed by atoms with Gasteiger partial charge in [-0.25, -0.2) is 0 Å². The summed E-state index contributed by atoms with van der Waals surface area (Å²) >= 11 is 0. The highest BCUT2D eigenvalue weighted by molar-refractivity contribution is 6.22. The highest BCUT2D eigenvalue weighted by Crippen LogP contribution is 1.97. The molecule has 1 aromatic rings. The molecule has 84 valence electrons. The van der Waals surface area contributed by atoms with Crippen LogP contribution < -0.4 is 17.2 Å². The lowest BCUT2D eigenvalue weighted by molar-refractivity contribution is -0.0979. The third-order valence-corrected chi connectivity index (χ3v) is 0.687. The standard InChI is InChI=1S/C3H6N6.CH2O.H2O3Si/c4-1-7-2(5)9-3(6)8-1;1-2;1-4(2)3/h(H6,4,5,6,7,8,9);1H2;1-2H. The molecule has 1 rings (SSSR count). The maximum Gasteiger partial charge on any atom is 0.761 e. The summed E-state index contributed by atoms with van der Waals surface area (Å²) in [6.07, 6.45) is 0. The van der Waals surface area contributed by atoms with Crippen LogP contribution in [0.3, 0.4) is 0 Å². The number of nitrogens with two attached hydrogens (primary N) is 3. The first-order valence-electron chi connectivity index (χ1n) is 3.15. The molecule has 0 unspecified atom stereocenters. The Morgan fingerprint density at radius 3 is 1.20 bits per heavy atom. The van der Waals surface area contributed by atoms with Gasteiger partial charge in [0, 0.05) is 0 Å². The van der Waals surface area contributed by atoms with E-state index in [-0.39, 0.29) is 17.8 Å². The van der Waals surface area contributed by atoms with Gasteiger partial charge in [-0.2, -0.15) is 15.0 Å². The summed E-state index contributed by atoms with van der Waals surface area (Å²) in [4.78, 5) is 32.8.